The van der Waals surface area contributed by atoms with Crippen LogP contribution >= 0.6 is 0 Å². The van der Waals surface area contributed by atoms with Crippen LogP contribution in [0.4, 0.5) is 11.8 Å². The van der Waals surface area contributed by atoms with Gasteiger partial charge >= 0.3 is 0 Å². The first-order valence-electron chi connectivity index (χ1n) is 10.7. The number of anilines is 2. The molecule has 0 aliphatic heterocycles. The number of amides is 1. The molecule has 1 heterocycles. The smallest absolute Gasteiger partial charge is 0.224 e. The Hall–Kier alpha value is -1.85. The van der Waals surface area contributed by atoms with Crippen LogP contribution in [0, 0.1) is 5.92 Å². The molecule has 0 aromatic carbocycles. The second-order valence-corrected chi connectivity index (χ2v) is 8.44. The number of carbonyl (C=O) groups is 1. The van der Waals surface area contributed by atoms with Gasteiger partial charge < -0.3 is 15.5 Å². The molecule has 0 atom stereocenters. The molecule has 2 fully saturated rings. The number of nitrogens with one attached hydrogen (secondary N) is 2. The number of nitrogens with zero attached hydrogens (tertiary/aromatic N) is 3. The Morgan fingerprint density at radius 1 is 1.07 bits per heavy atom. The molecule has 1 aromatic heterocycles. The van der Waals surface area contributed by atoms with Gasteiger partial charge in [0.2, 0.25) is 11.9 Å². The lowest BCUT2D eigenvalue weighted by molar-refractivity contribution is -0.122. The number of rotatable bonds is 7. The molecule has 0 saturated heterocycles. The molecular weight excluding hydrogens is 338 g/mol. The third-order valence-corrected chi connectivity index (χ3v) is 6.03. The standard InChI is InChI=1S/C21H35N5O/c1-26(2)19-14-15-22-21(25-19)24-18-11-9-17(10-12-18)23-20(27)13-8-16-6-4-3-5-7-16/h14-18H,3-13H2,1-2H3,(H,23,27)(H,22,24,25)/t17-,18+. The maximum atomic E-state index is 12.3. The van der Waals surface area contributed by atoms with Crippen molar-refractivity contribution in [2.24, 2.45) is 5.92 Å². The number of carbonyl (C=O) groups excluding carboxylic acids is 1. The van der Waals surface area contributed by atoms with Gasteiger partial charge in [-0.1, -0.05) is 32.1 Å². The van der Waals surface area contributed by atoms with Crippen LogP contribution in [-0.2, 0) is 4.79 Å². The first-order valence-corrected chi connectivity index (χ1v) is 10.7. The van der Waals surface area contributed by atoms with Crippen LogP contribution in [-0.4, -0.2) is 42.1 Å². The molecule has 2 aliphatic rings. The number of hydrogen-bond acceptors (Lipinski definition) is 5. The van der Waals surface area contributed by atoms with Crippen LogP contribution in [0.1, 0.15) is 70.6 Å². The lowest BCUT2D eigenvalue weighted by Gasteiger charge is -2.30. The highest BCUT2D eigenvalue weighted by Crippen LogP contribution is 2.27. The van der Waals surface area contributed by atoms with Crippen molar-refractivity contribution in [2.45, 2.75) is 82.7 Å². The predicted octanol–water partition coefficient (Wildman–Crippen LogP) is 3.74. The predicted molar refractivity (Wildman–Crippen MR) is 110 cm³/mol. The molecule has 2 N–H and O–H groups in total. The van der Waals surface area contributed by atoms with Gasteiger partial charge in [-0.3, -0.25) is 4.79 Å². The van der Waals surface area contributed by atoms with Gasteiger partial charge in [0.1, 0.15) is 5.82 Å². The minimum atomic E-state index is 0.249. The minimum absolute atomic E-state index is 0.249. The van der Waals surface area contributed by atoms with Crippen molar-refractivity contribution < 1.29 is 4.79 Å². The van der Waals surface area contributed by atoms with E-state index in [1.807, 2.05) is 25.1 Å². The summed E-state index contributed by atoms with van der Waals surface area (Å²) in [6.07, 6.45) is 14.4. The lowest BCUT2D eigenvalue weighted by atomic mass is 9.86. The van der Waals surface area contributed by atoms with Gasteiger partial charge in [-0.05, 0) is 44.1 Å². The van der Waals surface area contributed by atoms with Crippen molar-refractivity contribution in [3.05, 3.63) is 12.3 Å². The molecule has 2 aliphatic carbocycles. The summed E-state index contributed by atoms with van der Waals surface area (Å²) in [6.45, 7) is 0. The topological polar surface area (TPSA) is 70.2 Å². The molecule has 150 valence electrons. The van der Waals surface area contributed by atoms with E-state index in [9.17, 15) is 4.79 Å². The molecule has 0 unspecified atom stereocenters. The molecule has 27 heavy (non-hydrogen) atoms. The Labute approximate surface area is 163 Å². The fraction of sp³-hybridized carbons (Fsp3) is 0.762. The van der Waals surface area contributed by atoms with Gasteiger partial charge in [-0.25, -0.2) is 4.98 Å². The summed E-state index contributed by atoms with van der Waals surface area (Å²) in [7, 11) is 3.96. The first kappa shape index (κ1) is 19.9. The average Bonchev–Trinajstić information content (AvgIpc) is 2.69. The van der Waals surface area contributed by atoms with Crippen LogP contribution in [0.3, 0.4) is 0 Å². The van der Waals surface area contributed by atoms with E-state index in [0.29, 0.717) is 24.5 Å². The van der Waals surface area contributed by atoms with E-state index in [-0.39, 0.29) is 5.91 Å². The zero-order chi connectivity index (χ0) is 19.1. The molecule has 6 heteroatoms. The lowest BCUT2D eigenvalue weighted by Crippen LogP contribution is -2.40. The molecule has 0 bridgehead atoms. The van der Waals surface area contributed by atoms with Gasteiger partial charge in [0.25, 0.3) is 0 Å². The summed E-state index contributed by atoms with van der Waals surface area (Å²) < 4.78 is 0. The van der Waals surface area contributed by atoms with E-state index < -0.39 is 0 Å². The number of aromatic nitrogens is 2. The Kier molecular flexibility index (Phi) is 7.30. The number of hydrogen-bond donors (Lipinski definition) is 2. The Bertz CT molecular complexity index is 592. The SMILES string of the molecule is CN(C)c1ccnc(N[C@H]2CC[C@@H](NC(=O)CCC3CCCCC3)CC2)n1. The summed E-state index contributed by atoms with van der Waals surface area (Å²) in [5.74, 6) is 2.63. The molecular formula is C21H35N5O. The van der Waals surface area contributed by atoms with Gasteiger partial charge in [-0.15, -0.1) is 0 Å². The normalized spacial score (nSPS) is 23.6. The van der Waals surface area contributed by atoms with Crippen molar-refractivity contribution >= 4 is 17.7 Å². The molecule has 2 saturated carbocycles. The third kappa shape index (κ3) is 6.36. The van der Waals surface area contributed by atoms with Crippen molar-refractivity contribution in [1.29, 1.82) is 0 Å². The van der Waals surface area contributed by atoms with E-state index in [1.165, 1.54) is 32.1 Å². The van der Waals surface area contributed by atoms with Gasteiger partial charge in [0.05, 0.1) is 0 Å². The summed E-state index contributed by atoms with van der Waals surface area (Å²) in [6, 6.07) is 2.62. The van der Waals surface area contributed by atoms with Crippen LogP contribution < -0.4 is 15.5 Å². The van der Waals surface area contributed by atoms with Crippen LogP contribution in [0.5, 0.6) is 0 Å². The summed E-state index contributed by atoms with van der Waals surface area (Å²) in [5.41, 5.74) is 0. The van der Waals surface area contributed by atoms with Gasteiger partial charge in [0, 0.05) is 38.8 Å². The van der Waals surface area contributed by atoms with Crippen molar-refractivity contribution in [3.63, 3.8) is 0 Å². The van der Waals surface area contributed by atoms with Crippen molar-refractivity contribution in [2.75, 3.05) is 24.3 Å². The molecule has 0 spiro atoms. The summed E-state index contributed by atoms with van der Waals surface area (Å²) in [4.78, 5) is 23.1. The average molecular weight is 374 g/mol. The summed E-state index contributed by atoms with van der Waals surface area (Å²) >= 11 is 0. The fourth-order valence-electron chi connectivity index (χ4n) is 4.34. The maximum Gasteiger partial charge on any atom is 0.224 e. The highest BCUT2D eigenvalue weighted by atomic mass is 16.1. The minimum Gasteiger partial charge on any atom is -0.363 e. The second-order valence-electron chi connectivity index (χ2n) is 8.44. The monoisotopic (exact) mass is 373 g/mol. The Morgan fingerprint density at radius 2 is 1.78 bits per heavy atom. The van der Waals surface area contributed by atoms with Crippen LogP contribution in [0.25, 0.3) is 0 Å². The van der Waals surface area contributed by atoms with Crippen molar-refractivity contribution in [3.8, 4) is 0 Å². The quantitative estimate of drug-likeness (QED) is 0.762. The van der Waals surface area contributed by atoms with E-state index in [2.05, 4.69) is 20.6 Å². The molecule has 1 aromatic rings. The largest absolute Gasteiger partial charge is 0.363 e. The maximum absolute atomic E-state index is 12.3. The molecule has 6 nitrogen and oxygen atoms in total. The van der Waals surface area contributed by atoms with E-state index in [4.69, 9.17) is 0 Å². The Morgan fingerprint density at radius 3 is 2.48 bits per heavy atom. The Balaban J connectivity index is 1.36. The molecule has 1 amide bonds. The fourth-order valence-corrected chi connectivity index (χ4v) is 4.34. The van der Waals surface area contributed by atoms with E-state index in [1.54, 1.807) is 6.20 Å². The van der Waals surface area contributed by atoms with Crippen LogP contribution in [0.2, 0.25) is 0 Å². The van der Waals surface area contributed by atoms with Crippen molar-refractivity contribution in [1.82, 2.24) is 15.3 Å². The summed E-state index contributed by atoms with van der Waals surface area (Å²) in [5, 5.41) is 6.72. The van der Waals surface area contributed by atoms with Crippen LogP contribution in [0.15, 0.2) is 12.3 Å². The first-order chi connectivity index (χ1) is 13.1. The second kappa shape index (κ2) is 9.90. The van der Waals surface area contributed by atoms with E-state index in [0.717, 1.165) is 43.8 Å². The zero-order valence-corrected chi connectivity index (χ0v) is 16.9. The highest BCUT2D eigenvalue weighted by molar-refractivity contribution is 5.76. The van der Waals surface area contributed by atoms with Gasteiger partial charge in [-0.2, -0.15) is 4.98 Å². The van der Waals surface area contributed by atoms with E-state index >= 15 is 0 Å². The molecule has 3 rings (SSSR count). The third-order valence-electron chi connectivity index (χ3n) is 6.03. The zero-order valence-electron chi connectivity index (χ0n) is 16.9. The molecule has 0 radical (unpaired) electrons. The van der Waals surface area contributed by atoms with Gasteiger partial charge in [0.15, 0.2) is 0 Å². The highest BCUT2D eigenvalue weighted by Gasteiger charge is 2.23.